The lowest BCUT2D eigenvalue weighted by atomic mass is 10.1. The predicted molar refractivity (Wildman–Crippen MR) is 102 cm³/mol. The molecule has 0 bridgehead atoms. The monoisotopic (exact) mass is 352 g/mol. The molecule has 1 aliphatic heterocycles. The zero-order chi connectivity index (χ0) is 18.7. The van der Waals surface area contributed by atoms with Gasteiger partial charge >= 0.3 is 6.03 Å². The summed E-state index contributed by atoms with van der Waals surface area (Å²) in [5, 5.41) is 10.5. The SMILES string of the molecule is C=C(C)[C@H](O)[C@@H]1OC[C@H](c2ccccc2)N1C(=O)N(C)c1ccccc1. The smallest absolute Gasteiger partial charge is 0.326 e. The van der Waals surface area contributed by atoms with Crippen LogP contribution in [0.15, 0.2) is 72.8 Å². The van der Waals surface area contributed by atoms with Gasteiger partial charge in [0.25, 0.3) is 0 Å². The highest BCUT2D eigenvalue weighted by Crippen LogP contribution is 2.34. The Morgan fingerprint density at radius 1 is 1.19 bits per heavy atom. The molecule has 0 aliphatic carbocycles. The van der Waals surface area contributed by atoms with E-state index in [-0.39, 0.29) is 12.1 Å². The second-order valence-electron chi connectivity index (χ2n) is 6.53. The standard InChI is InChI=1S/C21H24N2O3/c1-15(2)19(24)20-23(18(14-26-20)16-10-6-4-7-11-16)21(25)22(3)17-12-8-5-9-13-17/h4-13,18-20,24H,1,14H2,2-3H3/t18-,19+,20+/m1/s1. The van der Waals surface area contributed by atoms with Crippen LogP contribution in [0.25, 0.3) is 0 Å². The van der Waals surface area contributed by atoms with Crippen LogP contribution in [0.5, 0.6) is 0 Å². The maximum atomic E-state index is 13.3. The van der Waals surface area contributed by atoms with Crippen LogP contribution in [-0.2, 0) is 4.74 Å². The predicted octanol–water partition coefficient (Wildman–Crippen LogP) is 3.58. The van der Waals surface area contributed by atoms with Crippen LogP contribution in [0.1, 0.15) is 18.5 Å². The molecular weight excluding hydrogens is 328 g/mol. The number of para-hydroxylation sites is 1. The summed E-state index contributed by atoms with van der Waals surface area (Å²) in [5.41, 5.74) is 2.31. The summed E-state index contributed by atoms with van der Waals surface area (Å²) in [5.74, 6) is 0. The molecule has 2 aromatic rings. The van der Waals surface area contributed by atoms with Gasteiger partial charge in [-0.15, -0.1) is 0 Å². The van der Waals surface area contributed by atoms with Crippen LogP contribution < -0.4 is 4.90 Å². The molecule has 2 aromatic carbocycles. The fraction of sp³-hybridized carbons (Fsp3) is 0.286. The van der Waals surface area contributed by atoms with Gasteiger partial charge in [-0.05, 0) is 30.2 Å². The summed E-state index contributed by atoms with van der Waals surface area (Å²) in [6.07, 6.45) is -1.71. The van der Waals surface area contributed by atoms with Crippen LogP contribution in [0, 0.1) is 0 Å². The van der Waals surface area contributed by atoms with E-state index < -0.39 is 12.3 Å². The van der Waals surface area contributed by atoms with E-state index in [4.69, 9.17) is 4.74 Å². The average molecular weight is 352 g/mol. The van der Waals surface area contributed by atoms with E-state index in [9.17, 15) is 9.90 Å². The molecule has 1 heterocycles. The second kappa shape index (κ2) is 7.72. The van der Waals surface area contributed by atoms with Gasteiger partial charge < -0.3 is 9.84 Å². The van der Waals surface area contributed by atoms with E-state index in [2.05, 4.69) is 6.58 Å². The largest absolute Gasteiger partial charge is 0.384 e. The molecule has 0 saturated carbocycles. The number of hydrogen-bond acceptors (Lipinski definition) is 3. The van der Waals surface area contributed by atoms with Crippen molar-refractivity contribution in [1.29, 1.82) is 0 Å². The average Bonchev–Trinajstić information content (AvgIpc) is 3.12. The van der Waals surface area contributed by atoms with Gasteiger partial charge in [-0.25, -0.2) is 4.79 Å². The first-order valence-corrected chi connectivity index (χ1v) is 8.61. The Hall–Kier alpha value is -2.63. The Morgan fingerprint density at radius 2 is 1.77 bits per heavy atom. The number of ether oxygens (including phenoxy) is 1. The molecule has 3 rings (SSSR count). The fourth-order valence-electron chi connectivity index (χ4n) is 3.12. The van der Waals surface area contributed by atoms with Crippen LogP contribution in [0.4, 0.5) is 10.5 Å². The van der Waals surface area contributed by atoms with E-state index in [1.807, 2.05) is 60.7 Å². The summed E-state index contributed by atoms with van der Waals surface area (Å²) in [6.45, 7) is 5.87. The Bertz CT molecular complexity index is 763. The normalized spacial score (nSPS) is 20.7. The molecule has 5 nitrogen and oxygen atoms in total. The van der Waals surface area contributed by atoms with Crippen molar-refractivity contribution in [3.8, 4) is 0 Å². The lowest BCUT2D eigenvalue weighted by Crippen LogP contribution is -2.49. The number of amides is 2. The summed E-state index contributed by atoms with van der Waals surface area (Å²) < 4.78 is 5.83. The number of aliphatic hydroxyl groups excluding tert-OH is 1. The minimum Gasteiger partial charge on any atom is -0.384 e. The van der Waals surface area contributed by atoms with Crippen LogP contribution in [0.3, 0.4) is 0 Å². The van der Waals surface area contributed by atoms with Gasteiger partial charge in [0.2, 0.25) is 0 Å². The van der Waals surface area contributed by atoms with Crippen molar-refractivity contribution >= 4 is 11.7 Å². The van der Waals surface area contributed by atoms with Crippen molar-refractivity contribution < 1.29 is 14.6 Å². The number of benzene rings is 2. The number of urea groups is 1. The van der Waals surface area contributed by atoms with E-state index in [0.29, 0.717) is 12.2 Å². The van der Waals surface area contributed by atoms with Gasteiger partial charge in [-0.1, -0.05) is 55.1 Å². The van der Waals surface area contributed by atoms with Gasteiger partial charge in [0.1, 0.15) is 6.10 Å². The molecule has 1 N–H and O–H groups in total. The van der Waals surface area contributed by atoms with Crippen molar-refractivity contribution in [3.63, 3.8) is 0 Å². The highest BCUT2D eigenvalue weighted by molar-refractivity contribution is 5.92. The molecule has 1 aliphatic rings. The maximum Gasteiger partial charge on any atom is 0.326 e. The van der Waals surface area contributed by atoms with Crippen molar-refractivity contribution in [1.82, 2.24) is 4.90 Å². The third kappa shape index (κ3) is 3.49. The molecule has 0 radical (unpaired) electrons. The molecule has 0 spiro atoms. The number of rotatable bonds is 4. The number of nitrogens with zero attached hydrogens (tertiary/aromatic N) is 2. The fourth-order valence-corrected chi connectivity index (χ4v) is 3.12. The molecule has 5 heteroatoms. The molecule has 0 unspecified atom stereocenters. The van der Waals surface area contributed by atoms with Gasteiger partial charge in [-0.3, -0.25) is 9.80 Å². The highest BCUT2D eigenvalue weighted by Gasteiger charge is 2.43. The first-order chi connectivity index (χ1) is 12.5. The molecule has 136 valence electrons. The Morgan fingerprint density at radius 3 is 2.35 bits per heavy atom. The quantitative estimate of drug-likeness (QED) is 0.856. The third-order valence-corrected chi connectivity index (χ3v) is 4.65. The number of carbonyl (C=O) groups is 1. The second-order valence-corrected chi connectivity index (χ2v) is 6.53. The topological polar surface area (TPSA) is 53.0 Å². The van der Waals surface area contributed by atoms with Crippen LogP contribution >= 0.6 is 0 Å². The first-order valence-electron chi connectivity index (χ1n) is 8.61. The van der Waals surface area contributed by atoms with E-state index >= 15 is 0 Å². The van der Waals surface area contributed by atoms with Crippen molar-refractivity contribution in [2.45, 2.75) is 25.3 Å². The van der Waals surface area contributed by atoms with Crippen LogP contribution in [0.2, 0.25) is 0 Å². The summed E-state index contributed by atoms with van der Waals surface area (Å²) in [7, 11) is 1.72. The third-order valence-electron chi connectivity index (χ3n) is 4.65. The summed E-state index contributed by atoms with van der Waals surface area (Å²) >= 11 is 0. The summed E-state index contributed by atoms with van der Waals surface area (Å²) in [4.78, 5) is 16.5. The Kier molecular flexibility index (Phi) is 5.40. The van der Waals surface area contributed by atoms with Crippen molar-refractivity contribution in [2.24, 2.45) is 0 Å². The lowest BCUT2D eigenvalue weighted by Gasteiger charge is -2.34. The van der Waals surface area contributed by atoms with Gasteiger partial charge in [0.15, 0.2) is 6.23 Å². The molecular formula is C21H24N2O3. The zero-order valence-electron chi connectivity index (χ0n) is 15.1. The summed E-state index contributed by atoms with van der Waals surface area (Å²) in [6, 6.07) is 18.6. The van der Waals surface area contributed by atoms with Crippen LogP contribution in [-0.4, -0.2) is 42.0 Å². The van der Waals surface area contributed by atoms with Crippen molar-refractivity contribution in [2.75, 3.05) is 18.6 Å². The molecule has 1 fully saturated rings. The van der Waals surface area contributed by atoms with E-state index in [0.717, 1.165) is 11.3 Å². The molecule has 3 atom stereocenters. The first kappa shape index (κ1) is 18.2. The number of carbonyl (C=O) groups excluding carboxylic acids is 1. The highest BCUT2D eigenvalue weighted by atomic mass is 16.5. The van der Waals surface area contributed by atoms with E-state index in [1.54, 1.807) is 23.8 Å². The number of anilines is 1. The lowest BCUT2D eigenvalue weighted by molar-refractivity contribution is -0.0323. The number of aliphatic hydroxyl groups is 1. The minimum atomic E-state index is -0.947. The van der Waals surface area contributed by atoms with Gasteiger partial charge in [0, 0.05) is 12.7 Å². The van der Waals surface area contributed by atoms with Gasteiger partial charge in [0.05, 0.1) is 12.6 Å². The number of hydrogen-bond donors (Lipinski definition) is 1. The molecule has 2 amide bonds. The Labute approximate surface area is 154 Å². The van der Waals surface area contributed by atoms with E-state index in [1.165, 1.54) is 0 Å². The zero-order valence-corrected chi connectivity index (χ0v) is 15.1. The molecule has 1 saturated heterocycles. The van der Waals surface area contributed by atoms with Gasteiger partial charge in [-0.2, -0.15) is 0 Å². The minimum absolute atomic E-state index is 0.229. The Balaban J connectivity index is 1.95. The molecule has 26 heavy (non-hydrogen) atoms. The molecule has 0 aromatic heterocycles. The maximum absolute atomic E-state index is 13.3. The van der Waals surface area contributed by atoms with Crippen molar-refractivity contribution in [3.05, 3.63) is 78.4 Å².